The van der Waals surface area contributed by atoms with Crippen LogP contribution in [0.1, 0.15) is 12.8 Å². The van der Waals surface area contributed by atoms with E-state index in [0.717, 1.165) is 18.6 Å². The van der Waals surface area contributed by atoms with E-state index >= 15 is 0 Å². The quantitative estimate of drug-likeness (QED) is 0.303. The first-order valence-electron chi connectivity index (χ1n) is 5.60. The van der Waals surface area contributed by atoms with Gasteiger partial charge >= 0.3 is 0 Å². The van der Waals surface area contributed by atoms with Gasteiger partial charge in [0.2, 0.25) is 5.96 Å². The molecule has 0 bridgehead atoms. The fraction of sp³-hybridized carbons (Fsp3) is 0.889. The van der Waals surface area contributed by atoms with Crippen molar-refractivity contribution >= 4 is 27.6 Å². The Morgan fingerprint density at radius 1 is 1.53 bits per heavy atom. The van der Waals surface area contributed by atoms with E-state index in [1.165, 1.54) is 6.26 Å². The summed E-state index contributed by atoms with van der Waals surface area (Å²) in [5.41, 5.74) is 2.55. The third-order valence-electron chi connectivity index (χ3n) is 2.83. The molecule has 17 heavy (non-hydrogen) atoms. The summed E-state index contributed by atoms with van der Waals surface area (Å²) in [4.78, 5) is 6.21. The fourth-order valence-electron chi connectivity index (χ4n) is 1.75. The van der Waals surface area contributed by atoms with Crippen molar-refractivity contribution in [1.29, 1.82) is 0 Å². The van der Waals surface area contributed by atoms with Crippen molar-refractivity contribution in [2.45, 2.75) is 24.3 Å². The Kier molecular flexibility index (Phi) is 3.84. The third kappa shape index (κ3) is 3.26. The Morgan fingerprint density at radius 3 is 2.76 bits per heavy atom. The topological polar surface area (TPSA) is 87.8 Å². The number of nitrogens with two attached hydrogens (primary N) is 1. The van der Waals surface area contributed by atoms with Crippen molar-refractivity contribution in [3.63, 3.8) is 0 Å². The smallest absolute Gasteiger partial charge is 0.209 e. The lowest BCUT2D eigenvalue weighted by Crippen LogP contribution is -2.55. The molecule has 0 aromatic carbocycles. The molecular formula is C9H18N4O2S2. The average molecular weight is 278 g/mol. The molecule has 0 aromatic heterocycles. The molecule has 2 fully saturated rings. The number of nitrogens with one attached hydrogen (secondary N) is 1. The van der Waals surface area contributed by atoms with Crippen LogP contribution in [0.2, 0.25) is 0 Å². The minimum atomic E-state index is -3.12. The van der Waals surface area contributed by atoms with E-state index in [1.54, 1.807) is 16.7 Å². The summed E-state index contributed by atoms with van der Waals surface area (Å²) in [6.07, 6.45) is 3.40. The van der Waals surface area contributed by atoms with Gasteiger partial charge in [-0.1, -0.05) is 0 Å². The van der Waals surface area contributed by atoms with Gasteiger partial charge < -0.3 is 4.90 Å². The van der Waals surface area contributed by atoms with Gasteiger partial charge in [-0.3, -0.25) is 5.43 Å². The van der Waals surface area contributed by atoms with Crippen LogP contribution in [-0.2, 0) is 9.84 Å². The summed E-state index contributed by atoms with van der Waals surface area (Å²) in [6.45, 7) is 0.665. The lowest BCUT2D eigenvalue weighted by molar-refractivity contribution is 0.395. The minimum Gasteiger partial charge on any atom is -0.323 e. The number of hydrazine groups is 1. The number of thioether (sulfide) groups is 1. The molecule has 1 saturated carbocycles. The summed E-state index contributed by atoms with van der Waals surface area (Å²) in [5.74, 6) is 7.45. The largest absolute Gasteiger partial charge is 0.323 e. The molecule has 0 aromatic rings. The SMILES string of the molecule is CS(=O)(=O)C1CSCCN1C(=NC1CC1)NN. The maximum Gasteiger partial charge on any atom is 0.209 e. The maximum absolute atomic E-state index is 11.7. The van der Waals surface area contributed by atoms with Gasteiger partial charge in [-0.05, 0) is 12.8 Å². The van der Waals surface area contributed by atoms with Gasteiger partial charge in [-0.25, -0.2) is 19.3 Å². The molecule has 98 valence electrons. The second-order valence-electron chi connectivity index (χ2n) is 4.38. The van der Waals surface area contributed by atoms with E-state index in [2.05, 4.69) is 10.4 Å². The minimum absolute atomic E-state index is 0.316. The average Bonchev–Trinajstić information content (AvgIpc) is 3.08. The van der Waals surface area contributed by atoms with Crippen LogP contribution in [0.3, 0.4) is 0 Å². The number of guanidine groups is 1. The van der Waals surface area contributed by atoms with Crippen molar-refractivity contribution in [2.75, 3.05) is 24.3 Å². The molecule has 8 heteroatoms. The van der Waals surface area contributed by atoms with E-state index in [0.29, 0.717) is 24.3 Å². The highest BCUT2D eigenvalue weighted by atomic mass is 32.2. The van der Waals surface area contributed by atoms with E-state index in [1.807, 2.05) is 0 Å². The number of sulfone groups is 1. The molecule has 0 spiro atoms. The van der Waals surface area contributed by atoms with Gasteiger partial charge in [0.05, 0.1) is 6.04 Å². The van der Waals surface area contributed by atoms with E-state index in [-0.39, 0.29) is 0 Å². The summed E-state index contributed by atoms with van der Waals surface area (Å²) in [6, 6.07) is 0.316. The van der Waals surface area contributed by atoms with Crippen LogP contribution in [0, 0.1) is 0 Å². The van der Waals surface area contributed by atoms with Gasteiger partial charge in [0, 0.05) is 24.3 Å². The standard InChI is InChI=1S/C9H18N4O2S2/c1-17(14,15)8-6-16-5-4-13(8)9(12-10)11-7-2-3-7/h7-8H,2-6,10H2,1H3,(H,11,12). The molecule has 6 nitrogen and oxygen atoms in total. The highest BCUT2D eigenvalue weighted by Gasteiger charge is 2.34. The lowest BCUT2D eigenvalue weighted by Gasteiger charge is -2.35. The molecule has 1 atom stereocenters. The summed E-state index contributed by atoms with van der Waals surface area (Å²) in [7, 11) is -3.12. The van der Waals surface area contributed by atoms with Crippen LogP contribution >= 0.6 is 11.8 Å². The van der Waals surface area contributed by atoms with Gasteiger partial charge in [-0.15, -0.1) is 0 Å². The lowest BCUT2D eigenvalue weighted by atomic mass is 10.5. The highest BCUT2D eigenvalue weighted by Crippen LogP contribution is 2.25. The Labute approximate surface area is 106 Å². The van der Waals surface area contributed by atoms with Crippen molar-refractivity contribution < 1.29 is 8.42 Å². The van der Waals surface area contributed by atoms with Gasteiger partial charge in [0.15, 0.2) is 9.84 Å². The molecule has 1 aliphatic heterocycles. The molecular weight excluding hydrogens is 260 g/mol. The Morgan fingerprint density at radius 2 is 2.24 bits per heavy atom. The van der Waals surface area contributed by atoms with Crippen LogP contribution in [0.4, 0.5) is 0 Å². The van der Waals surface area contributed by atoms with Crippen LogP contribution in [0.15, 0.2) is 4.99 Å². The van der Waals surface area contributed by atoms with Gasteiger partial charge in [-0.2, -0.15) is 11.8 Å². The predicted molar refractivity (Wildman–Crippen MR) is 70.4 cm³/mol. The van der Waals surface area contributed by atoms with Crippen LogP contribution < -0.4 is 11.3 Å². The molecule has 1 unspecified atom stereocenters. The van der Waals surface area contributed by atoms with Crippen molar-refractivity contribution in [3.05, 3.63) is 0 Å². The zero-order valence-corrected chi connectivity index (χ0v) is 11.4. The fourth-order valence-corrected chi connectivity index (χ4v) is 4.57. The molecule has 2 aliphatic rings. The monoisotopic (exact) mass is 278 g/mol. The Hall–Kier alpha value is -0.470. The Balaban J connectivity index is 2.19. The van der Waals surface area contributed by atoms with Crippen molar-refractivity contribution in [1.82, 2.24) is 10.3 Å². The summed E-state index contributed by atoms with van der Waals surface area (Å²) < 4.78 is 23.5. The number of rotatable bonds is 2. The van der Waals surface area contributed by atoms with Crippen LogP contribution in [0.5, 0.6) is 0 Å². The van der Waals surface area contributed by atoms with E-state index in [9.17, 15) is 8.42 Å². The first kappa shape index (κ1) is 13.0. The van der Waals surface area contributed by atoms with Crippen LogP contribution in [0.25, 0.3) is 0 Å². The number of aliphatic imine (C=N–C) groups is 1. The van der Waals surface area contributed by atoms with E-state index < -0.39 is 15.2 Å². The molecule has 1 aliphatic carbocycles. The molecule has 1 heterocycles. The number of hydrogen-bond acceptors (Lipinski definition) is 5. The molecule has 3 N–H and O–H groups in total. The zero-order valence-electron chi connectivity index (χ0n) is 9.80. The number of nitrogens with zero attached hydrogens (tertiary/aromatic N) is 2. The van der Waals surface area contributed by atoms with Crippen LogP contribution in [-0.4, -0.2) is 55.0 Å². The normalized spacial score (nSPS) is 27.1. The van der Waals surface area contributed by atoms with Crippen molar-refractivity contribution in [2.24, 2.45) is 10.8 Å². The summed E-state index contributed by atoms with van der Waals surface area (Å²) in [5, 5.41) is -0.519. The first-order valence-corrected chi connectivity index (χ1v) is 8.71. The van der Waals surface area contributed by atoms with Gasteiger partial charge in [0.1, 0.15) is 5.37 Å². The first-order chi connectivity index (χ1) is 8.02. The van der Waals surface area contributed by atoms with Gasteiger partial charge in [0.25, 0.3) is 0 Å². The van der Waals surface area contributed by atoms with Crippen molar-refractivity contribution in [3.8, 4) is 0 Å². The number of hydrogen-bond donors (Lipinski definition) is 2. The second-order valence-corrected chi connectivity index (χ2v) is 7.73. The summed E-state index contributed by atoms with van der Waals surface area (Å²) >= 11 is 1.65. The molecule has 0 radical (unpaired) electrons. The molecule has 2 rings (SSSR count). The molecule has 1 saturated heterocycles. The Bertz CT molecular complexity index is 405. The third-order valence-corrected chi connectivity index (χ3v) is 5.47. The maximum atomic E-state index is 11.7. The predicted octanol–water partition coefficient (Wildman–Crippen LogP) is -0.612. The molecule has 0 amide bonds. The highest BCUT2D eigenvalue weighted by molar-refractivity contribution is 8.00. The van der Waals surface area contributed by atoms with E-state index in [4.69, 9.17) is 5.84 Å². The second kappa shape index (κ2) is 5.03. The zero-order chi connectivity index (χ0) is 12.5.